The Labute approximate surface area is 139 Å². The molecule has 2 aromatic heterocycles. The van der Waals surface area contributed by atoms with Crippen molar-refractivity contribution in [2.24, 2.45) is 4.99 Å². The van der Waals surface area contributed by atoms with Crippen molar-refractivity contribution in [3.8, 4) is 28.6 Å². The molecule has 0 amide bonds. The SMILES string of the molecule is COc1cc(-c2ccc[nH]2)[nH]c1C=Nc1ccc2c(c1)OCCO2. The Morgan fingerprint density at radius 2 is 1.96 bits per heavy atom. The number of methoxy groups -OCH3 is 1. The molecule has 0 saturated heterocycles. The van der Waals surface area contributed by atoms with Crippen LogP contribution in [0.4, 0.5) is 5.69 Å². The van der Waals surface area contributed by atoms with E-state index >= 15 is 0 Å². The Bertz CT molecular complexity index is 866. The molecule has 1 aliphatic rings. The van der Waals surface area contributed by atoms with Gasteiger partial charge in [-0.15, -0.1) is 0 Å². The van der Waals surface area contributed by atoms with Crippen molar-refractivity contribution < 1.29 is 14.2 Å². The van der Waals surface area contributed by atoms with Crippen molar-refractivity contribution in [1.82, 2.24) is 9.97 Å². The summed E-state index contributed by atoms with van der Waals surface area (Å²) in [5, 5.41) is 0. The molecule has 0 bridgehead atoms. The summed E-state index contributed by atoms with van der Waals surface area (Å²) in [6, 6.07) is 11.5. The predicted octanol–water partition coefficient (Wildman–Crippen LogP) is 3.54. The van der Waals surface area contributed by atoms with Crippen molar-refractivity contribution in [2.75, 3.05) is 20.3 Å². The third-order valence-corrected chi connectivity index (χ3v) is 3.79. The van der Waals surface area contributed by atoms with Crippen molar-refractivity contribution in [2.45, 2.75) is 0 Å². The molecule has 1 aliphatic heterocycles. The summed E-state index contributed by atoms with van der Waals surface area (Å²) in [5.41, 5.74) is 3.53. The van der Waals surface area contributed by atoms with Crippen molar-refractivity contribution in [1.29, 1.82) is 0 Å². The van der Waals surface area contributed by atoms with Gasteiger partial charge >= 0.3 is 0 Å². The molecule has 0 atom stereocenters. The molecule has 6 heteroatoms. The van der Waals surface area contributed by atoms with E-state index in [4.69, 9.17) is 14.2 Å². The lowest BCUT2D eigenvalue weighted by Crippen LogP contribution is -2.14. The second kappa shape index (κ2) is 6.16. The number of fused-ring (bicyclic) bond motifs is 1. The first-order valence-electron chi connectivity index (χ1n) is 7.68. The minimum Gasteiger partial charge on any atom is -0.494 e. The molecule has 0 unspecified atom stereocenters. The van der Waals surface area contributed by atoms with Gasteiger partial charge in [-0.25, -0.2) is 0 Å². The third-order valence-electron chi connectivity index (χ3n) is 3.79. The summed E-state index contributed by atoms with van der Waals surface area (Å²) in [6.45, 7) is 1.14. The second-order valence-electron chi connectivity index (χ2n) is 5.34. The maximum Gasteiger partial charge on any atom is 0.163 e. The molecule has 0 saturated carbocycles. The van der Waals surface area contributed by atoms with Crippen LogP contribution in [0.5, 0.6) is 17.2 Å². The standard InChI is InChI=1S/C18H17N3O3/c1-22-17-10-14(13-3-2-6-19-13)21-15(17)11-20-12-4-5-16-18(9-12)24-8-7-23-16/h2-6,9-11,19,21H,7-8H2,1H3. The molecule has 3 aromatic rings. The van der Waals surface area contributed by atoms with Gasteiger partial charge in [-0.1, -0.05) is 0 Å². The molecule has 122 valence electrons. The normalized spacial score (nSPS) is 13.4. The number of hydrogen-bond acceptors (Lipinski definition) is 4. The lowest BCUT2D eigenvalue weighted by molar-refractivity contribution is 0.171. The topological polar surface area (TPSA) is 71.6 Å². The van der Waals surface area contributed by atoms with Crippen LogP contribution in [0.25, 0.3) is 11.4 Å². The van der Waals surface area contributed by atoms with Gasteiger partial charge in [0.05, 0.1) is 36.1 Å². The number of hydrogen-bond donors (Lipinski definition) is 2. The molecule has 0 radical (unpaired) electrons. The average molecular weight is 323 g/mol. The van der Waals surface area contributed by atoms with E-state index < -0.39 is 0 Å². The van der Waals surface area contributed by atoms with Crippen molar-refractivity contribution in [3.63, 3.8) is 0 Å². The van der Waals surface area contributed by atoms with Crippen LogP contribution in [0.15, 0.2) is 47.6 Å². The predicted molar refractivity (Wildman–Crippen MR) is 91.8 cm³/mol. The van der Waals surface area contributed by atoms with E-state index in [0.29, 0.717) is 13.2 Å². The largest absolute Gasteiger partial charge is 0.494 e. The monoisotopic (exact) mass is 323 g/mol. The van der Waals surface area contributed by atoms with Gasteiger partial charge in [0.1, 0.15) is 19.0 Å². The van der Waals surface area contributed by atoms with E-state index in [-0.39, 0.29) is 0 Å². The first kappa shape index (κ1) is 14.4. The first-order chi connectivity index (χ1) is 11.8. The number of benzene rings is 1. The van der Waals surface area contributed by atoms with Crippen LogP contribution < -0.4 is 14.2 Å². The molecule has 0 fully saturated rings. The number of aliphatic imine (C=N–C) groups is 1. The maximum atomic E-state index is 5.58. The van der Waals surface area contributed by atoms with Crippen molar-refractivity contribution >= 4 is 11.9 Å². The van der Waals surface area contributed by atoms with Crippen molar-refractivity contribution in [3.05, 3.63) is 48.3 Å². The Balaban J connectivity index is 1.61. The van der Waals surface area contributed by atoms with Crippen LogP contribution in [0, 0.1) is 0 Å². The van der Waals surface area contributed by atoms with Crippen LogP contribution in [-0.4, -0.2) is 36.5 Å². The van der Waals surface area contributed by atoms with Crippen LogP contribution in [0.1, 0.15) is 5.69 Å². The number of ether oxygens (including phenoxy) is 3. The highest BCUT2D eigenvalue weighted by atomic mass is 16.6. The lowest BCUT2D eigenvalue weighted by atomic mass is 10.2. The zero-order valence-corrected chi connectivity index (χ0v) is 13.2. The van der Waals surface area contributed by atoms with Crippen LogP contribution in [0.2, 0.25) is 0 Å². The lowest BCUT2D eigenvalue weighted by Gasteiger charge is -2.18. The summed E-state index contributed by atoms with van der Waals surface area (Å²) >= 11 is 0. The zero-order chi connectivity index (χ0) is 16.4. The van der Waals surface area contributed by atoms with Gasteiger partial charge in [-0.2, -0.15) is 0 Å². The molecule has 3 heterocycles. The highest BCUT2D eigenvalue weighted by Gasteiger charge is 2.12. The quantitative estimate of drug-likeness (QED) is 0.721. The number of nitrogens with zero attached hydrogens (tertiary/aromatic N) is 1. The Morgan fingerprint density at radius 3 is 2.75 bits per heavy atom. The molecule has 2 N–H and O–H groups in total. The van der Waals surface area contributed by atoms with Gasteiger partial charge in [0.15, 0.2) is 11.5 Å². The van der Waals surface area contributed by atoms with Gasteiger partial charge in [0.2, 0.25) is 0 Å². The van der Waals surface area contributed by atoms with Gasteiger partial charge in [0.25, 0.3) is 0 Å². The molecule has 0 aliphatic carbocycles. The molecule has 0 spiro atoms. The van der Waals surface area contributed by atoms with E-state index in [1.54, 1.807) is 13.3 Å². The minimum atomic E-state index is 0.560. The molecule has 24 heavy (non-hydrogen) atoms. The summed E-state index contributed by atoms with van der Waals surface area (Å²) in [7, 11) is 1.64. The molecular formula is C18H17N3O3. The zero-order valence-electron chi connectivity index (χ0n) is 13.2. The summed E-state index contributed by atoms with van der Waals surface area (Å²) in [5.74, 6) is 2.22. The fraction of sp³-hybridized carbons (Fsp3) is 0.167. The maximum absolute atomic E-state index is 5.58. The Hall–Kier alpha value is -3.15. The minimum absolute atomic E-state index is 0.560. The fourth-order valence-electron chi connectivity index (χ4n) is 2.61. The third kappa shape index (κ3) is 2.74. The van der Waals surface area contributed by atoms with E-state index in [1.807, 2.05) is 42.6 Å². The van der Waals surface area contributed by atoms with Gasteiger partial charge in [-0.3, -0.25) is 4.99 Å². The molecule has 6 nitrogen and oxygen atoms in total. The van der Waals surface area contributed by atoms with Crippen LogP contribution >= 0.6 is 0 Å². The summed E-state index contributed by atoms with van der Waals surface area (Å²) in [6.07, 6.45) is 3.63. The summed E-state index contributed by atoms with van der Waals surface area (Å²) in [4.78, 5) is 11.0. The van der Waals surface area contributed by atoms with E-state index in [9.17, 15) is 0 Å². The Morgan fingerprint density at radius 1 is 1.08 bits per heavy atom. The van der Waals surface area contributed by atoms with Gasteiger partial charge in [-0.05, 0) is 24.3 Å². The number of H-pyrrole nitrogens is 2. The molecule has 1 aromatic carbocycles. The number of rotatable bonds is 4. The van der Waals surface area contributed by atoms with Gasteiger partial charge < -0.3 is 24.2 Å². The van der Waals surface area contributed by atoms with Gasteiger partial charge in [0, 0.05) is 18.3 Å². The highest BCUT2D eigenvalue weighted by molar-refractivity contribution is 5.85. The second-order valence-corrected chi connectivity index (χ2v) is 5.34. The average Bonchev–Trinajstić information content (AvgIpc) is 3.29. The van der Waals surface area contributed by atoms with E-state index in [2.05, 4.69) is 15.0 Å². The molecular weight excluding hydrogens is 306 g/mol. The fourth-order valence-corrected chi connectivity index (χ4v) is 2.61. The van der Waals surface area contributed by atoms with E-state index in [1.165, 1.54) is 0 Å². The molecule has 4 rings (SSSR count). The number of nitrogens with one attached hydrogen (secondary N) is 2. The Kier molecular flexibility index (Phi) is 3.70. The summed E-state index contributed by atoms with van der Waals surface area (Å²) < 4.78 is 16.5. The smallest absolute Gasteiger partial charge is 0.163 e. The number of aromatic amines is 2. The first-order valence-corrected chi connectivity index (χ1v) is 7.68. The highest BCUT2D eigenvalue weighted by Crippen LogP contribution is 2.34. The number of aromatic nitrogens is 2. The van der Waals surface area contributed by atoms with Crippen LogP contribution in [-0.2, 0) is 0 Å². The van der Waals surface area contributed by atoms with Crippen LogP contribution in [0.3, 0.4) is 0 Å². The van der Waals surface area contributed by atoms with E-state index in [0.717, 1.165) is 40.0 Å².